The van der Waals surface area contributed by atoms with Gasteiger partial charge in [-0.05, 0) is 113 Å². The first kappa shape index (κ1) is 28.0. The van der Waals surface area contributed by atoms with Crippen LogP contribution < -0.4 is 0 Å². The first-order chi connectivity index (χ1) is 19.1. The molecule has 1 saturated heterocycles. The van der Waals surface area contributed by atoms with Crippen LogP contribution in [0.3, 0.4) is 0 Å². The molecular formula is C34H45NO5. The highest BCUT2D eigenvalue weighted by atomic mass is 16.6. The maximum absolute atomic E-state index is 14.5. The second-order valence-corrected chi connectivity index (χ2v) is 13.8. The molecule has 9 atom stereocenters. The van der Waals surface area contributed by atoms with Crippen LogP contribution in [0.1, 0.15) is 83.5 Å². The van der Waals surface area contributed by atoms with Crippen LogP contribution in [0.2, 0.25) is 0 Å². The Bertz CT molecular complexity index is 1270. The van der Waals surface area contributed by atoms with Crippen LogP contribution >= 0.6 is 0 Å². The number of nitrogens with zero attached hydrogens (tertiary/aromatic N) is 1. The number of hydrogen-bond donors (Lipinski definition) is 1. The van der Waals surface area contributed by atoms with Crippen LogP contribution in [0.15, 0.2) is 35.4 Å². The number of aryl methyl sites for hydroxylation is 1. The molecule has 1 aromatic heterocycles. The van der Waals surface area contributed by atoms with Crippen molar-refractivity contribution < 1.29 is 24.2 Å². The molecule has 2 heterocycles. The second kappa shape index (κ2) is 9.99. The Morgan fingerprint density at radius 3 is 2.75 bits per heavy atom. The van der Waals surface area contributed by atoms with Crippen molar-refractivity contribution in [3.8, 4) is 0 Å². The van der Waals surface area contributed by atoms with Crippen molar-refractivity contribution in [1.82, 2.24) is 4.98 Å². The van der Waals surface area contributed by atoms with E-state index in [9.17, 15) is 14.7 Å². The molecule has 0 radical (unpaired) electrons. The summed E-state index contributed by atoms with van der Waals surface area (Å²) < 4.78 is 12.5. The molecule has 1 aliphatic heterocycles. The first-order valence-electron chi connectivity index (χ1n) is 15.3. The van der Waals surface area contributed by atoms with Crippen LogP contribution in [-0.4, -0.2) is 53.7 Å². The maximum atomic E-state index is 14.5. The standard InChI is InChI=1S/C34H45NO5/c1-20(22(18-36)19-37)15-24(39-5)16-23-9-10-27-26-17-30-34(40-30)14-11-25(29-8-6-7-21(2)35-29)31(38)33(34,4)28(26)12-13-32(23,27)3/h6-8,11,18,23-24,26-28,30,37H,9-10,12-17,19H2,1-5H3/b22-20+. The lowest BCUT2D eigenvalue weighted by molar-refractivity contribution is -0.142. The third-order valence-corrected chi connectivity index (χ3v) is 12.3. The van der Waals surface area contributed by atoms with E-state index in [1.807, 2.05) is 32.0 Å². The van der Waals surface area contributed by atoms with Crippen LogP contribution in [0.25, 0.3) is 5.57 Å². The number of carbonyl (C=O) groups excluding carboxylic acids is 2. The Morgan fingerprint density at radius 1 is 1.25 bits per heavy atom. The highest BCUT2D eigenvalue weighted by molar-refractivity contribution is 6.24. The number of ketones is 1. The summed E-state index contributed by atoms with van der Waals surface area (Å²) in [4.78, 5) is 30.5. The molecule has 5 aliphatic rings. The van der Waals surface area contributed by atoms with E-state index < -0.39 is 5.41 Å². The van der Waals surface area contributed by atoms with Gasteiger partial charge < -0.3 is 14.6 Å². The Morgan fingerprint density at radius 2 is 2.05 bits per heavy atom. The van der Waals surface area contributed by atoms with E-state index in [4.69, 9.17) is 14.5 Å². The predicted molar refractivity (Wildman–Crippen MR) is 153 cm³/mol. The summed E-state index contributed by atoms with van der Waals surface area (Å²) in [7, 11) is 1.76. The minimum absolute atomic E-state index is 0.0255. The molecule has 0 bridgehead atoms. The van der Waals surface area contributed by atoms with Crippen LogP contribution in [-0.2, 0) is 19.1 Å². The fraction of sp³-hybridized carbons (Fsp3) is 0.676. The minimum atomic E-state index is -0.512. The lowest BCUT2D eigenvalue weighted by Gasteiger charge is -2.57. The Kier molecular flexibility index (Phi) is 6.99. The Labute approximate surface area is 238 Å². The highest BCUT2D eigenvalue weighted by Crippen LogP contribution is 2.73. The van der Waals surface area contributed by atoms with Crippen molar-refractivity contribution in [3.05, 3.63) is 46.8 Å². The molecule has 0 aromatic carbocycles. The molecule has 6 heteroatoms. The third-order valence-electron chi connectivity index (χ3n) is 12.3. The van der Waals surface area contributed by atoms with Crippen LogP contribution in [0, 0.1) is 41.4 Å². The number of rotatable bonds is 8. The van der Waals surface area contributed by atoms with Gasteiger partial charge in [0.05, 0.1) is 29.9 Å². The molecule has 6 nitrogen and oxygen atoms in total. The van der Waals surface area contributed by atoms with Gasteiger partial charge in [-0.15, -0.1) is 0 Å². The fourth-order valence-electron chi connectivity index (χ4n) is 9.92. The molecule has 1 spiro atoms. The van der Waals surface area contributed by atoms with Gasteiger partial charge in [-0.1, -0.05) is 24.6 Å². The van der Waals surface area contributed by atoms with Crippen molar-refractivity contribution in [3.63, 3.8) is 0 Å². The van der Waals surface area contributed by atoms with Crippen LogP contribution in [0.4, 0.5) is 0 Å². The van der Waals surface area contributed by atoms with Gasteiger partial charge in [0.25, 0.3) is 0 Å². The Balaban J connectivity index is 1.25. The van der Waals surface area contributed by atoms with E-state index in [-0.39, 0.29) is 35.6 Å². The zero-order valence-corrected chi connectivity index (χ0v) is 24.7. The van der Waals surface area contributed by atoms with Gasteiger partial charge in [0.1, 0.15) is 11.9 Å². The lowest BCUT2D eigenvalue weighted by Crippen LogP contribution is -2.60. The minimum Gasteiger partial charge on any atom is -0.392 e. The molecule has 3 saturated carbocycles. The van der Waals surface area contributed by atoms with E-state index >= 15 is 0 Å². The van der Waals surface area contributed by atoms with Gasteiger partial charge in [0.15, 0.2) is 5.78 Å². The molecule has 4 fully saturated rings. The second-order valence-electron chi connectivity index (χ2n) is 13.8. The van der Waals surface area contributed by atoms with Crippen LogP contribution in [0.5, 0.6) is 0 Å². The summed E-state index contributed by atoms with van der Waals surface area (Å²) >= 11 is 0. The van der Waals surface area contributed by atoms with Gasteiger partial charge in [-0.25, -0.2) is 0 Å². The van der Waals surface area contributed by atoms with Gasteiger partial charge in [0, 0.05) is 23.9 Å². The van der Waals surface area contributed by atoms with Crippen molar-refractivity contribution in [2.45, 2.75) is 96.9 Å². The third kappa shape index (κ3) is 3.96. The number of aldehydes is 1. The number of Topliss-reactive ketones (excluding diaryl/α,β-unsaturated/α-hetero) is 1. The predicted octanol–water partition coefficient (Wildman–Crippen LogP) is 5.66. The quantitative estimate of drug-likeness (QED) is 0.257. The Hall–Kier alpha value is -2.15. The zero-order chi connectivity index (χ0) is 28.4. The van der Waals surface area contributed by atoms with Gasteiger partial charge in [-0.3, -0.25) is 14.6 Å². The van der Waals surface area contributed by atoms with E-state index in [2.05, 4.69) is 19.9 Å². The summed E-state index contributed by atoms with van der Waals surface area (Å²) in [5.41, 5.74) is 3.26. The van der Waals surface area contributed by atoms with E-state index in [1.54, 1.807) is 7.11 Å². The van der Waals surface area contributed by atoms with Gasteiger partial charge in [-0.2, -0.15) is 0 Å². The number of fused-ring (bicyclic) bond motifs is 4. The molecule has 216 valence electrons. The van der Waals surface area contributed by atoms with Gasteiger partial charge >= 0.3 is 0 Å². The number of hydrogen-bond acceptors (Lipinski definition) is 6. The number of pyridine rings is 1. The van der Waals surface area contributed by atoms with Gasteiger partial charge in [0.2, 0.25) is 0 Å². The SMILES string of the molecule is COC(C/C(C)=C(\C=O)CO)CC1CCC2C3CC4OC45CC=C(c4cccc(C)n4)C(=O)C5(C)C3CCC12C. The lowest BCUT2D eigenvalue weighted by atomic mass is 9.44. The van der Waals surface area contributed by atoms with Crippen molar-refractivity contribution in [2.24, 2.45) is 34.5 Å². The fourth-order valence-corrected chi connectivity index (χ4v) is 9.92. The maximum Gasteiger partial charge on any atom is 0.173 e. The average Bonchev–Trinajstić information content (AvgIpc) is 3.55. The molecule has 40 heavy (non-hydrogen) atoms. The number of epoxide rings is 1. The topological polar surface area (TPSA) is 89.0 Å². The summed E-state index contributed by atoms with van der Waals surface area (Å²) in [5, 5.41) is 9.54. The number of aliphatic hydroxyl groups is 1. The van der Waals surface area contributed by atoms with Crippen molar-refractivity contribution >= 4 is 17.6 Å². The number of ether oxygens (including phenoxy) is 2. The van der Waals surface area contributed by atoms with E-state index in [0.717, 1.165) is 60.9 Å². The monoisotopic (exact) mass is 547 g/mol. The summed E-state index contributed by atoms with van der Waals surface area (Å²) in [6.45, 7) is 8.41. The molecule has 6 rings (SSSR count). The zero-order valence-electron chi connectivity index (χ0n) is 24.7. The smallest absolute Gasteiger partial charge is 0.173 e. The van der Waals surface area contributed by atoms with Crippen molar-refractivity contribution in [2.75, 3.05) is 13.7 Å². The van der Waals surface area contributed by atoms with E-state index in [0.29, 0.717) is 35.7 Å². The molecule has 1 N–H and O–H groups in total. The number of methoxy groups -OCH3 is 1. The summed E-state index contributed by atoms with van der Waals surface area (Å²) in [5.74, 6) is 2.17. The number of allylic oxidation sites excluding steroid dienone is 1. The van der Waals surface area contributed by atoms with E-state index in [1.165, 1.54) is 12.8 Å². The largest absolute Gasteiger partial charge is 0.392 e. The normalized spacial score (nSPS) is 41.1. The average molecular weight is 548 g/mol. The van der Waals surface area contributed by atoms with Crippen molar-refractivity contribution in [1.29, 1.82) is 0 Å². The first-order valence-corrected chi connectivity index (χ1v) is 15.3. The number of aliphatic hydroxyl groups excluding tert-OH is 1. The molecular weight excluding hydrogens is 502 g/mol. The molecule has 0 amide bonds. The number of aromatic nitrogens is 1. The molecule has 4 aliphatic carbocycles. The summed E-state index contributed by atoms with van der Waals surface area (Å²) in [6.07, 6.45) is 11.1. The highest BCUT2D eigenvalue weighted by Gasteiger charge is 2.78. The summed E-state index contributed by atoms with van der Waals surface area (Å²) in [6, 6.07) is 5.96. The molecule has 1 aromatic rings. The number of carbonyl (C=O) groups is 2. The molecule has 9 unspecified atom stereocenters.